The summed E-state index contributed by atoms with van der Waals surface area (Å²) in [7, 11) is 0. The molecule has 0 rings (SSSR count). The van der Waals surface area contributed by atoms with E-state index in [0.29, 0.717) is 5.92 Å². The molecule has 0 saturated heterocycles. The number of nitrogens with one attached hydrogen (secondary N) is 1. The zero-order valence-electron chi connectivity index (χ0n) is 9.93. The molecule has 0 aromatic heterocycles. The lowest BCUT2D eigenvalue weighted by atomic mass is 10.2. The average Bonchev–Trinajstić information content (AvgIpc) is 2.15. The monoisotopic (exact) mass is 193 g/mol. The molecule has 0 aromatic rings. The SMILES string of the molecule is C=C(CC)N/C(=C/C=C\C(C)C)CC. The standard InChI is InChI=1S/C13H23N/c1-6-12(5)14-13(7-2)10-8-9-11(3)4/h8-11,14H,5-7H2,1-4H3/b9-8-,13-10+. The first-order valence-electron chi connectivity index (χ1n) is 5.42. The highest BCUT2D eigenvalue weighted by Gasteiger charge is 1.93. The van der Waals surface area contributed by atoms with Gasteiger partial charge in [-0.25, -0.2) is 0 Å². The molecule has 0 saturated carbocycles. The van der Waals surface area contributed by atoms with Crippen molar-refractivity contribution in [1.29, 1.82) is 0 Å². The van der Waals surface area contributed by atoms with Gasteiger partial charge < -0.3 is 5.32 Å². The van der Waals surface area contributed by atoms with Crippen molar-refractivity contribution in [1.82, 2.24) is 5.32 Å². The van der Waals surface area contributed by atoms with E-state index in [1.54, 1.807) is 0 Å². The van der Waals surface area contributed by atoms with Crippen molar-refractivity contribution in [2.24, 2.45) is 5.92 Å². The lowest BCUT2D eigenvalue weighted by molar-refractivity contribution is 0.828. The Labute approximate surface area is 88.6 Å². The van der Waals surface area contributed by atoms with Gasteiger partial charge in [0.2, 0.25) is 0 Å². The predicted molar refractivity (Wildman–Crippen MR) is 64.9 cm³/mol. The Morgan fingerprint density at radius 2 is 1.93 bits per heavy atom. The maximum Gasteiger partial charge on any atom is 0.0145 e. The number of rotatable bonds is 6. The van der Waals surface area contributed by atoms with Crippen LogP contribution in [0, 0.1) is 5.92 Å². The molecule has 0 radical (unpaired) electrons. The van der Waals surface area contributed by atoms with Crippen LogP contribution in [-0.2, 0) is 0 Å². The topological polar surface area (TPSA) is 12.0 Å². The molecular weight excluding hydrogens is 170 g/mol. The van der Waals surface area contributed by atoms with Crippen LogP contribution < -0.4 is 5.32 Å². The second-order valence-corrected chi connectivity index (χ2v) is 3.76. The van der Waals surface area contributed by atoms with Gasteiger partial charge in [0.25, 0.3) is 0 Å². The fraction of sp³-hybridized carbons (Fsp3) is 0.538. The zero-order chi connectivity index (χ0) is 11.0. The van der Waals surface area contributed by atoms with E-state index >= 15 is 0 Å². The Kier molecular flexibility index (Phi) is 6.91. The van der Waals surface area contributed by atoms with Gasteiger partial charge >= 0.3 is 0 Å². The molecule has 0 heterocycles. The molecule has 0 fully saturated rings. The van der Waals surface area contributed by atoms with Gasteiger partial charge in [-0.2, -0.15) is 0 Å². The summed E-state index contributed by atoms with van der Waals surface area (Å²) in [6.07, 6.45) is 8.42. The molecule has 1 heteroatoms. The molecule has 14 heavy (non-hydrogen) atoms. The van der Waals surface area contributed by atoms with Gasteiger partial charge in [0.15, 0.2) is 0 Å². The van der Waals surface area contributed by atoms with Crippen molar-refractivity contribution in [3.63, 3.8) is 0 Å². The second-order valence-electron chi connectivity index (χ2n) is 3.76. The molecule has 0 aliphatic carbocycles. The largest absolute Gasteiger partial charge is 0.363 e. The second kappa shape index (κ2) is 7.43. The van der Waals surface area contributed by atoms with Gasteiger partial charge in [-0.3, -0.25) is 0 Å². The van der Waals surface area contributed by atoms with Crippen molar-refractivity contribution in [3.05, 3.63) is 36.2 Å². The van der Waals surface area contributed by atoms with E-state index in [0.717, 1.165) is 18.5 Å². The molecule has 0 aliphatic rings. The van der Waals surface area contributed by atoms with Crippen LogP contribution in [-0.4, -0.2) is 0 Å². The minimum absolute atomic E-state index is 0.610. The summed E-state index contributed by atoms with van der Waals surface area (Å²) in [4.78, 5) is 0. The molecule has 0 amide bonds. The lowest BCUT2D eigenvalue weighted by Gasteiger charge is -2.09. The van der Waals surface area contributed by atoms with E-state index in [9.17, 15) is 0 Å². The summed E-state index contributed by atoms with van der Waals surface area (Å²) < 4.78 is 0. The molecule has 0 unspecified atom stereocenters. The first-order chi connectivity index (χ1) is 6.60. The quantitative estimate of drug-likeness (QED) is 0.629. The van der Waals surface area contributed by atoms with Crippen LogP contribution in [0.3, 0.4) is 0 Å². The summed E-state index contributed by atoms with van der Waals surface area (Å²) in [6, 6.07) is 0. The molecule has 0 atom stereocenters. The fourth-order valence-corrected chi connectivity index (χ4v) is 0.957. The molecule has 1 nitrogen and oxygen atoms in total. The van der Waals surface area contributed by atoms with E-state index in [1.165, 1.54) is 5.70 Å². The first kappa shape index (κ1) is 13.0. The highest BCUT2D eigenvalue weighted by Crippen LogP contribution is 2.03. The molecule has 0 spiro atoms. The number of allylic oxidation sites excluding steroid dienone is 5. The smallest absolute Gasteiger partial charge is 0.0145 e. The molecule has 0 aromatic carbocycles. The van der Waals surface area contributed by atoms with Crippen LogP contribution in [0.1, 0.15) is 40.5 Å². The van der Waals surface area contributed by atoms with Gasteiger partial charge in [-0.15, -0.1) is 0 Å². The summed E-state index contributed by atoms with van der Waals surface area (Å²) in [5.74, 6) is 0.610. The van der Waals surface area contributed by atoms with Crippen LogP contribution >= 0.6 is 0 Å². The van der Waals surface area contributed by atoms with Crippen molar-refractivity contribution in [2.75, 3.05) is 0 Å². The third kappa shape index (κ3) is 6.53. The highest BCUT2D eigenvalue weighted by atomic mass is 14.9. The van der Waals surface area contributed by atoms with E-state index < -0.39 is 0 Å². The maximum absolute atomic E-state index is 3.93. The Morgan fingerprint density at radius 1 is 1.29 bits per heavy atom. The Balaban J connectivity index is 4.18. The van der Waals surface area contributed by atoms with Crippen molar-refractivity contribution in [2.45, 2.75) is 40.5 Å². The van der Waals surface area contributed by atoms with Gasteiger partial charge in [0.05, 0.1) is 0 Å². The van der Waals surface area contributed by atoms with Crippen LogP contribution in [0.5, 0.6) is 0 Å². The van der Waals surface area contributed by atoms with Gasteiger partial charge in [0, 0.05) is 11.4 Å². The number of hydrogen-bond acceptors (Lipinski definition) is 1. The van der Waals surface area contributed by atoms with Crippen LogP contribution in [0.15, 0.2) is 36.2 Å². The summed E-state index contributed by atoms with van der Waals surface area (Å²) >= 11 is 0. The van der Waals surface area contributed by atoms with Crippen LogP contribution in [0.2, 0.25) is 0 Å². The third-order valence-electron chi connectivity index (χ3n) is 1.94. The zero-order valence-corrected chi connectivity index (χ0v) is 9.93. The minimum atomic E-state index is 0.610. The Hall–Kier alpha value is -0.980. The predicted octanol–water partition coefficient (Wildman–Crippen LogP) is 4.01. The van der Waals surface area contributed by atoms with Gasteiger partial charge in [-0.05, 0) is 24.8 Å². The van der Waals surface area contributed by atoms with Crippen molar-refractivity contribution < 1.29 is 0 Å². The van der Waals surface area contributed by atoms with E-state index in [2.05, 4.69) is 57.8 Å². The summed E-state index contributed by atoms with van der Waals surface area (Å²) in [5.41, 5.74) is 2.31. The average molecular weight is 193 g/mol. The van der Waals surface area contributed by atoms with Gasteiger partial charge in [0.1, 0.15) is 0 Å². The number of hydrogen-bond donors (Lipinski definition) is 1. The van der Waals surface area contributed by atoms with Crippen LogP contribution in [0.25, 0.3) is 0 Å². The van der Waals surface area contributed by atoms with Crippen molar-refractivity contribution in [3.8, 4) is 0 Å². The lowest BCUT2D eigenvalue weighted by Crippen LogP contribution is -2.10. The van der Waals surface area contributed by atoms with Crippen LogP contribution in [0.4, 0.5) is 0 Å². The summed E-state index contributed by atoms with van der Waals surface area (Å²) in [6.45, 7) is 12.5. The Bertz CT molecular complexity index is 221. The minimum Gasteiger partial charge on any atom is -0.363 e. The van der Waals surface area contributed by atoms with Gasteiger partial charge in [-0.1, -0.05) is 46.4 Å². The van der Waals surface area contributed by atoms with E-state index in [-0.39, 0.29) is 0 Å². The normalized spacial score (nSPS) is 12.5. The van der Waals surface area contributed by atoms with Crippen molar-refractivity contribution >= 4 is 0 Å². The third-order valence-corrected chi connectivity index (χ3v) is 1.94. The molecule has 80 valence electrons. The fourth-order valence-electron chi connectivity index (χ4n) is 0.957. The first-order valence-corrected chi connectivity index (χ1v) is 5.42. The van der Waals surface area contributed by atoms with E-state index in [4.69, 9.17) is 0 Å². The maximum atomic E-state index is 3.93. The molecule has 0 bridgehead atoms. The molecular formula is C13H23N. The highest BCUT2D eigenvalue weighted by molar-refractivity contribution is 5.15. The molecule has 0 aliphatic heterocycles. The Morgan fingerprint density at radius 3 is 2.36 bits per heavy atom. The summed E-state index contributed by atoms with van der Waals surface area (Å²) in [5, 5.41) is 3.31. The molecule has 1 N–H and O–H groups in total. The van der Waals surface area contributed by atoms with E-state index in [1.807, 2.05) is 0 Å².